The predicted octanol–water partition coefficient (Wildman–Crippen LogP) is 2.20. The number of para-hydroxylation sites is 2. The normalized spacial score (nSPS) is 17.1. The van der Waals surface area contributed by atoms with Gasteiger partial charge in [0.25, 0.3) is 15.9 Å². The Hall–Kier alpha value is -2.06. The van der Waals surface area contributed by atoms with Crippen molar-refractivity contribution in [3.05, 3.63) is 52.5 Å². The number of nitrogens with two attached hydrogens (primary N) is 1. The lowest BCUT2D eigenvalue weighted by molar-refractivity contribution is -0.124. The van der Waals surface area contributed by atoms with Gasteiger partial charge >= 0.3 is 0 Å². The molecule has 2 N–H and O–H groups in total. The van der Waals surface area contributed by atoms with Crippen LogP contribution in [0.25, 0.3) is 0 Å². The summed E-state index contributed by atoms with van der Waals surface area (Å²) in [7, 11) is -3.86. The van der Waals surface area contributed by atoms with Crippen molar-refractivity contribution in [2.45, 2.75) is 17.9 Å². The molecule has 0 spiro atoms. The molecule has 0 radical (unpaired) electrons. The fourth-order valence-corrected chi connectivity index (χ4v) is 4.29. The van der Waals surface area contributed by atoms with Crippen molar-refractivity contribution in [1.82, 2.24) is 0 Å². The molecule has 6 nitrogen and oxygen atoms in total. The topological polar surface area (TPSA) is 89.7 Å². The lowest BCUT2D eigenvalue weighted by Gasteiger charge is -2.34. The monoisotopic (exact) mass is 410 g/mol. The maximum atomic E-state index is 13.1. The molecule has 1 amide bonds. The highest BCUT2D eigenvalue weighted by Gasteiger charge is 2.36. The van der Waals surface area contributed by atoms with Gasteiger partial charge in [0.05, 0.1) is 17.1 Å². The Morgan fingerprint density at radius 2 is 2.00 bits per heavy atom. The summed E-state index contributed by atoms with van der Waals surface area (Å²) in [6.45, 7) is 1.65. The lowest BCUT2D eigenvalue weighted by atomic mass is 10.2. The number of nitrogens with zero attached hydrogens (tertiary/aromatic N) is 1. The van der Waals surface area contributed by atoms with Crippen LogP contribution in [0.5, 0.6) is 5.75 Å². The number of carbonyl (C=O) groups is 1. The molecule has 126 valence electrons. The first-order valence-corrected chi connectivity index (χ1v) is 9.38. The Morgan fingerprint density at radius 1 is 1.29 bits per heavy atom. The number of rotatable bonds is 3. The quantitative estimate of drug-likeness (QED) is 0.839. The summed E-state index contributed by atoms with van der Waals surface area (Å²) in [5.74, 6) is -0.401. The summed E-state index contributed by atoms with van der Waals surface area (Å²) in [5, 5.41) is 0. The largest absolute Gasteiger partial charge is 0.476 e. The van der Waals surface area contributed by atoms with Crippen LogP contribution in [-0.4, -0.2) is 27.0 Å². The molecule has 8 heteroatoms. The molecule has 2 aromatic carbocycles. The summed E-state index contributed by atoms with van der Waals surface area (Å²) >= 11 is 3.36. The van der Waals surface area contributed by atoms with Crippen LogP contribution >= 0.6 is 15.9 Å². The first-order chi connectivity index (χ1) is 11.3. The number of primary amides is 1. The van der Waals surface area contributed by atoms with Gasteiger partial charge in [-0.1, -0.05) is 28.1 Å². The second kappa shape index (κ2) is 6.10. The summed E-state index contributed by atoms with van der Waals surface area (Å²) < 4.78 is 33.7. The minimum absolute atomic E-state index is 0.142. The van der Waals surface area contributed by atoms with Gasteiger partial charge in [0, 0.05) is 4.47 Å². The minimum atomic E-state index is -3.86. The highest BCUT2D eigenvalue weighted by atomic mass is 79.9. The van der Waals surface area contributed by atoms with Crippen LogP contribution in [0.4, 0.5) is 5.69 Å². The van der Waals surface area contributed by atoms with E-state index in [-0.39, 0.29) is 11.4 Å². The molecule has 3 rings (SSSR count). The van der Waals surface area contributed by atoms with E-state index in [1.54, 1.807) is 36.4 Å². The molecular weight excluding hydrogens is 396 g/mol. The Labute approximate surface area is 148 Å². The van der Waals surface area contributed by atoms with Gasteiger partial charge in [-0.15, -0.1) is 0 Å². The molecule has 0 saturated heterocycles. The summed E-state index contributed by atoms with van der Waals surface area (Å²) in [6, 6.07) is 11.4. The van der Waals surface area contributed by atoms with Gasteiger partial charge in [-0.3, -0.25) is 9.10 Å². The molecular formula is C16H15BrN2O4S. The zero-order chi connectivity index (χ0) is 17.5. The summed E-state index contributed by atoms with van der Waals surface area (Å²) in [6.07, 6.45) is -1.04. The van der Waals surface area contributed by atoms with Crippen LogP contribution in [0.3, 0.4) is 0 Å². The first-order valence-electron chi connectivity index (χ1n) is 7.14. The predicted molar refractivity (Wildman–Crippen MR) is 93.5 cm³/mol. The second-order valence-corrected chi connectivity index (χ2v) is 8.14. The second-order valence-electron chi connectivity index (χ2n) is 5.42. The third kappa shape index (κ3) is 2.87. The number of aryl methyl sites for hydroxylation is 1. The Morgan fingerprint density at radius 3 is 2.67 bits per heavy atom. The van der Waals surface area contributed by atoms with E-state index in [1.165, 1.54) is 10.4 Å². The number of halogens is 1. The van der Waals surface area contributed by atoms with E-state index < -0.39 is 22.0 Å². The van der Waals surface area contributed by atoms with E-state index in [4.69, 9.17) is 10.5 Å². The SMILES string of the molecule is Cc1cc(S(=O)(=O)N2CC(C(N)=O)Oc3ccccc32)ccc1Br. The number of sulfonamides is 1. The molecule has 1 heterocycles. The molecule has 0 aliphatic carbocycles. The molecule has 0 saturated carbocycles. The molecule has 0 bridgehead atoms. The van der Waals surface area contributed by atoms with Gasteiger partial charge < -0.3 is 10.5 Å². The minimum Gasteiger partial charge on any atom is -0.476 e. The van der Waals surface area contributed by atoms with Gasteiger partial charge in [-0.25, -0.2) is 8.42 Å². The van der Waals surface area contributed by atoms with E-state index in [0.29, 0.717) is 11.4 Å². The Bertz CT molecular complexity index is 914. The highest BCUT2D eigenvalue weighted by Crippen LogP contribution is 2.37. The number of hydrogen-bond donors (Lipinski definition) is 1. The lowest BCUT2D eigenvalue weighted by Crippen LogP contribution is -2.49. The van der Waals surface area contributed by atoms with Gasteiger partial charge in [0.2, 0.25) is 0 Å². The van der Waals surface area contributed by atoms with Crippen LogP contribution in [0.2, 0.25) is 0 Å². The molecule has 0 aromatic heterocycles. The van der Waals surface area contributed by atoms with Crippen LogP contribution in [0.1, 0.15) is 5.56 Å². The number of benzene rings is 2. The van der Waals surface area contributed by atoms with Crippen LogP contribution in [0.15, 0.2) is 51.8 Å². The van der Waals surface area contributed by atoms with E-state index in [2.05, 4.69) is 15.9 Å². The van der Waals surface area contributed by atoms with Gasteiger partial charge in [0.1, 0.15) is 5.75 Å². The standard InChI is InChI=1S/C16H15BrN2O4S/c1-10-8-11(6-7-12(10)17)24(21,22)19-9-15(16(18)20)23-14-5-3-2-4-13(14)19/h2-8,15H,9H2,1H3,(H2,18,20). The fourth-order valence-electron chi connectivity index (χ4n) is 2.48. The average molecular weight is 411 g/mol. The third-order valence-corrected chi connectivity index (χ3v) is 6.44. The zero-order valence-corrected chi connectivity index (χ0v) is 15.2. The number of fused-ring (bicyclic) bond motifs is 1. The van der Waals surface area contributed by atoms with E-state index in [9.17, 15) is 13.2 Å². The average Bonchev–Trinajstić information content (AvgIpc) is 2.56. The van der Waals surface area contributed by atoms with Gasteiger partial charge in [0.15, 0.2) is 6.10 Å². The molecule has 1 atom stereocenters. The number of hydrogen-bond acceptors (Lipinski definition) is 4. The fraction of sp³-hybridized carbons (Fsp3) is 0.188. The molecule has 1 unspecified atom stereocenters. The van der Waals surface area contributed by atoms with Crippen molar-refractivity contribution < 1.29 is 17.9 Å². The van der Waals surface area contributed by atoms with Crippen molar-refractivity contribution >= 4 is 37.5 Å². The number of ether oxygens (including phenoxy) is 1. The number of anilines is 1. The molecule has 2 aromatic rings. The van der Waals surface area contributed by atoms with E-state index in [0.717, 1.165) is 10.0 Å². The third-order valence-electron chi connectivity index (χ3n) is 3.77. The van der Waals surface area contributed by atoms with E-state index >= 15 is 0 Å². The van der Waals surface area contributed by atoms with Crippen molar-refractivity contribution in [2.24, 2.45) is 5.73 Å². The summed E-state index contributed by atoms with van der Waals surface area (Å²) in [4.78, 5) is 11.7. The maximum absolute atomic E-state index is 13.1. The zero-order valence-electron chi connectivity index (χ0n) is 12.8. The van der Waals surface area contributed by atoms with Crippen molar-refractivity contribution in [2.75, 3.05) is 10.8 Å². The maximum Gasteiger partial charge on any atom is 0.264 e. The number of carbonyl (C=O) groups excluding carboxylic acids is 1. The highest BCUT2D eigenvalue weighted by molar-refractivity contribution is 9.10. The molecule has 1 aliphatic heterocycles. The van der Waals surface area contributed by atoms with Crippen molar-refractivity contribution in [3.63, 3.8) is 0 Å². The van der Waals surface area contributed by atoms with Crippen LogP contribution in [0, 0.1) is 6.92 Å². The molecule has 24 heavy (non-hydrogen) atoms. The molecule has 0 fully saturated rings. The smallest absolute Gasteiger partial charge is 0.264 e. The Balaban J connectivity index is 2.12. The Kier molecular flexibility index (Phi) is 4.27. The summed E-state index contributed by atoms with van der Waals surface area (Å²) in [5.41, 5.74) is 6.50. The molecule has 1 aliphatic rings. The first kappa shape index (κ1) is 16.8. The van der Waals surface area contributed by atoms with Crippen LogP contribution in [-0.2, 0) is 14.8 Å². The van der Waals surface area contributed by atoms with E-state index in [1.807, 2.05) is 6.92 Å². The van der Waals surface area contributed by atoms with Gasteiger partial charge in [-0.05, 0) is 42.8 Å². The number of amides is 1. The van der Waals surface area contributed by atoms with Crippen molar-refractivity contribution in [3.8, 4) is 5.75 Å². The van der Waals surface area contributed by atoms with Gasteiger partial charge in [-0.2, -0.15) is 0 Å². The van der Waals surface area contributed by atoms with Crippen LogP contribution < -0.4 is 14.8 Å². The van der Waals surface area contributed by atoms with Crippen molar-refractivity contribution in [1.29, 1.82) is 0 Å².